The summed E-state index contributed by atoms with van der Waals surface area (Å²) in [5.41, 5.74) is 3.55. The average molecular weight is 364 g/mol. The van der Waals surface area contributed by atoms with Crippen molar-refractivity contribution >= 4 is 21.6 Å². The second-order valence-electron chi connectivity index (χ2n) is 5.26. The Balaban J connectivity index is 2.16. The molecule has 0 radical (unpaired) electrons. The summed E-state index contributed by atoms with van der Waals surface area (Å²) in [6.07, 6.45) is 1.28. The third kappa shape index (κ3) is 4.40. The van der Waals surface area contributed by atoms with Crippen LogP contribution in [0.25, 0.3) is 0 Å². The maximum atomic E-state index is 13.7. The Kier molecular flexibility index (Phi) is 6.22. The third-order valence-corrected chi connectivity index (χ3v) is 5.71. The summed E-state index contributed by atoms with van der Waals surface area (Å²) < 4.78 is 39.8. The molecule has 2 rings (SSSR count). The molecule has 1 N–H and O–H groups in total. The zero-order valence-corrected chi connectivity index (χ0v) is 15.2. The van der Waals surface area contributed by atoms with E-state index in [-0.39, 0.29) is 10.7 Å². The van der Waals surface area contributed by atoms with Gasteiger partial charge < -0.3 is 0 Å². The van der Waals surface area contributed by atoms with E-state index in [0.29, 0.717) is 30.2 Å². The van der Waals surface area contributed by atoms with Gasteiger partial charge in [-0.3, -0.25) is 5.43 Å². The minimum Gasteiger partial charge on any atom is -0.261 e. The highest BCUT2D eigenvalue weighted by atomic mass is 32.2. The first-order valence-electron chi connectivity index (χ1n) is 7.91. The van der Waals surface area contributed by atoms with Gasteiger partial charge in [0.15, 0.2) is 0 Å². The Hall–Kier alpha value is -2.32. The van der Waals surface area contributed by atoms with Gasteiger partial charge in [0.1, 0.15) is 16.5 Å². The molecule has 0 spiro atoms. The van der Waals surface area contributed by atoms with E-state index in [4.69, 9.17) is 0 Å². The molecule has 1 aromatic carbocycles. The molecule has 0 aliphatic carbocycles. The zero-order valence-electron chi connectivity index (χ0n) is 14.4. The molecule has 0 aliphatic heterocycles. The Bertz CT molecular complexity index is 847. The number of hydrogen-bond acceptors (Lipinski definition) is 5. The molecule has 0 atom stereocenters. The van der Waals surface area contributed by atoms with Gasteiger partial charge in [-0.05, 0) is 25.1 Å². The number of pyridine rings is 1. The number of hydrogen-bond donors (Lipinski definition) is 1. The molecule has 134 valence electrons. The second kappa shape index (κ2) is 8.17. The van der Waals surface area contributed by atoms with E-state index in [1.165, 1.54) is 28.7 Å². The fourth-order valence-electron chi connectivity index (χ4n) is 2.27. The van der Waals surface area contributed by atoms with Crippen LogP contribution in [0.4, 0.5) is 10.2 Å². The van der Waals surface area contributed by atoms with Crippen molar-refractivity contribution in [2.24, 2.45) is 5.10 Å². The molecule has 0 saturated carbocycles. The maximum absolute atomic E-state index is 13.7. The van der Waals surface area contributed by atoms with Crippen LogP contribution in [-0.2, 0) is 10.0 Å². The van der Waals surface area contributed by atoms with Crippen molar-refractivity contribution in [3.8, 4) is 0 Å². The molecule has 0 amide bonds. The standard InChI is InChI=1S/C17H21FN4O2S/c1-4-22(5-2)25(23,24)14-10-11-17(19-12-14)21-20-13(3)15-8-6-7-9-16(15)18/h6-12H,4-5H2,1-3H3,(H,19,21)/b20-13+. The third-order valence-electron chi connectivity index (χ3n) is 3.68. The van der Waals surface area contributed by atoms with Crippen LogP contribution in [0, 0.1) is 5.82 Å². The first-order valence-corrected chi connectivity index (χ1v) is 9.35. The van der Waals surface area contributed by atoms with E-state index >= 15 is 0 Å². The van der Waals surface area contributed by atoms with Gasteiger partial charge in [-0.2, -0.15) is 9.41 Å². The topological polar surface area (TPSA) is 74.7 Å². The van der Waals surface area contributed by atoms with Crippen LogP contribution >= 0.6 is 0 Å². The minimum absolute atomic E-state index is 0.122. The van der Waals surface area contributed by atoms with E-state index in [1.54, 1.807) is 39.0 Å². The molecule has 25 heavy (non-hydrogen) atoms. The minimum atomic E-state index is -3.54. The van der Waals surface area contributed by atoms with Crippen LogP contribution in [0.2, 0.25) is 0 Å². The van der Waals surface area contributed by atoms with Crippen molar-refractivity contribution in [3.63, 3.8) is 0 Å². The molecule has 0 bridgehead atoms. The van der Waals surface area contributed by atoms with Gasteiger partial charge in [0.2, 0.25) is 10.0 Å². The first-order chi connectivity index (χ1) is 11.9. The summed E-state index contributed by atoms with van der Waals surface area (Å²) >= 11 is 0. The van der Waals surface area contributed by atoms with E-state index < -0.39 is 10.0 Å². The van der Waals surface area contributed by atoms with Gasteiger partial charge in [0.05, 0.1) is 5.71 Å². The summed E-state index contributed by atoms with van der Waals surface area (Å²) in [5, 5.41) is 4.09. The van der Waals surface area contributed by atoms with Gasteiger partial charge in [-0.1, -0.05) is 32.0 Å². The molecule has 0 fully saturated rings. The second-order valence-corrected chi connectivity index (χ2v) is 7.20. The highest BCUT2D eigenvalue weighted by molar-refractivity contribution is 7.89. The van der Waals surface area contributed by atoms with Crippen molar-refractivity contribution in [1.82, 2.24) is 9.29 Å². The van der Waals surface area contributed by atoms with Crippen molar-refractivity contribution in [2.45, 2.75) is 25.7 Å². The summed E-state index contributed by atoms with van der Waals surface area (Å²) in [5.74, 6) is 0.00774. The van der Waals surface area contributed by atoms with Crippen LogP contribution in [0.1, 0.15) is 26.3 Å². The molecule has 1 heterocycles. The van der Waals surface area contributed by atoms with Gasteiger partial charge in [0.25, 0.3) is 0 Å². The van der Waals surface area contributed by atoms with Crippen LogP contribution in [-0.4, -0.2) is 36.5 Å². The van der Waals surface area contributed by atoms with E-state index in [9.17, 15) is 12.8 Å². The smallest absolute Gasteiger partial charge is 0.244 e. The quantitative estimate of drug-likeness (QED) is 0.605. The summed E-state index contributed by atoms with van der Waals surface area (Å²) in [7, 11) is -3.54. The van der Waals surface area contributed by atoms with Crippen molar-refractivity contribution < 1.29 is 12.8 Å². The number of hydrazone groups is 1. The normalized spacial score (nSPS) is 12.4. The SMILES string of the molecule is CCN(CC)S(=O)(=O)c1ccc(N/N=C(\C)c2ccccc2F)nc1. The van der Waals surface area contributed by atoms with Crippen molar-refractivity contribution in [1.29, 1.82) is 0 Å². The number of rotatable bonds is 7. The fourth-order valence-corrected chi connectivity index (χ4v) is 3.67. The Labute approximate surface area is 147 Å². The van der Waals surface area contributed by atoms with E-state index in [0.717, 1.165) is 0 Å². The molecule has 0 saturated heterocycles. The van der Waals surface area contributed by atoms with Crippen LogP contribution in [0.15, 0.2) is 52.6 Å². The summed E-state index contributed by atoms with van der Waals surface area (Å²) in [6, 6.07) is 9.31. The van der Waals surface area contributed by atoms with Crippen LogP contribution < -0.4 is 5.43 Å². The molecular formula is C17H21FN4O2S. The van der Waals surface area contributed by atoms with Crippen molar-refractivity contribution in [2.75, 3.05) is 18.5 Å². The highest BCUT2D eigenvalue weighted by Crippen LogP contribution is 2.16. The van der Waals surface area contributed by atoms with Gasteiger partial charge in [-0.25, -0.2) is 17.8 Å². The average Bonchev–Trinajstić information content (AvgIpc) is 2.61. The molecule has 8 heteroatoms. The summed E-state index contributed by atoms with van der Waals surface area (Å²) in [4.78, 5) is 4.19. The van der Waals surface area contributed by atoms with E-state index in [2.05, 4.69) is 15.5 Å². The number of nitrogens with zero attached hydrogens (tertiary/aromatic N) is 3. The van der Waals surface area contributed by atoms with Crippen LogP contribution in [0.5, 0.6) is 0 Å². The Morgan fingerprint density at radius 2 is 1.88 bits per heavy atom. The fraction of sp³-hybridized carbons (Fsp3) is 0.294. The number of aromatic nitrogens is 1. The van der Waals surface area contributed by atoms with Gasteiger partial charge in [-0.15, -0.1) is 0 Å². The van der Waals surface area contributed by atoms with E-state index in [1.807, 2.05) is 0 Å². The van der Waals surface area contributed by atoms with Gasteiger partial charge >= 0.3 is 0 Å². The lowest BCUT2D eigenvalue weighted by Crippen LogP contribution is -2.30. The predicted molar refractivity (Wildman–Crippen MR) is 96.6 cm³/mol. The largest absolute Gasteiger partial charge is 0.261 e. The summed E-state index contributed by atoms with van der Waals surface area (Å²) in [6.45, 7) is 6.02. The lowest BCUT2D eigenvalue weighted by Gasteiger charge is -2.18. The highest BCUT2D eigenvalue weighted by Gasteiger charge is 2.21. The Morgan fingerprint density at radius 1 is 1.20 bits per heavy atom. The zero-order chi connectivity index (χ0) is 18.4. The predicted octanol–water partition coefficient (Wildman–Crippen LogP) is 3.09. The van der Waals surface area contributed by atoms with Crippen LogP contribution in [0.3, 0.4) is 0 Å². The number of nitrogens with one attached hydrogen (secondary N) is 1. The van der Waals surface area contributed by atoms with Crippen molar-refractivity contribution in [3.05, 3.63) is 54.0 Å². The monoisotopic (exact) mass is 364 g/mol. The molecule has 6 nitrogen and oxygen atoms in total. The Morgan fingerprint density at radius 3 is 2.44 bits per heavy atom. The lowest BCUT2D eigenvalue weighted by molar-refractivity contribution is 0.445. The molecule has 0 aliphatic rings. The van der Waals surface area contributed by atoms with Gasteiger partial charge in [0, 0.05) is 24.8 Å². The lowest BCUT2D eigenvalue weighted by atomic mass is 10.1. The number of sulfonamides is 1. The maximum Gasteiger partial charge on any atom is 0.244 e. The number of anilines is 1. The molecule has 2 aromatic rings. The number of halogens is 1. The molecule has 0 unspecified atom stereocenters. The molecule has 1 aromatic heterocycles. The first kappa shape index (κ1) is 19.0. The molecular weight excluding hydrogens is 343 g/mol. The number of benzene rings is 1.